The first kappa shape index (κ1) is 36.5. The standard InChI is InChI=1S/C35H42O14/c1-20(36)15-16-25(38)47-29-27(40-3)31(41-4)35(49-30(29)33(39)43-18-23-13-9-6-10-14-23)48-26-24-19-44-34(46-24)32(28(26)45-21(2)37)42-17-22-11-7-5-8-12-22/h5-14,24,26-32,34-35H,15-19H2,1-4H3/t24-,26-,27+,28+,29+,30+,31-,32-,34-,35-/m1/s1. The lowest BCUT2D eigenvalue weighted by Crippen LogP contribution is -2.65. The van der Waals surface area contributed by atoms with E-state index in [1.807, 2.05) is 36.4 Å². The van der Waals surface area contributed by atoms with Gasteiger partial charge in [0.05, 0.1) is 19.6 Å². The van der Waals surface area contributed by atoms with Crippen molar-refractivity contribution in [3.8, 4) is 0 Å². The van der Waals surface area contributed by atoms with Crippen LogP contribution in [-0.4, -0.2) is 106 Å². The van der Waals surface area contributed by atoms with E-state index in [1.165, 1.54) is 28.1 Å². The van der Waals surface area contributed by atoms with E-state index in [4.69, 9.17) is 47.4 Å². The molecule has 0 spiro atoms. The van der Waals surface area contributed by atoms with Gasteiger partial charge in [-0.15, -0.1) is 0 Å². The number of methoxy groups -OCH3 is 2. The third kappa shape index (κ3) is 9.28. The van der Waals surface area contributed by atoms with Gasteiger partial charge in [-0.2, -0.15) is 0 Å². The van der Waals surface area contributed by atoms with Crippen molar-refractivity contribution in [3.05, 3.63) is 71.8 Å². The first-order valence-corrected chi connectivity index (χ1v) is 16.0. The van der Waals surface area contributed by atoms with Crippen LogP contribution in [0.2, 0.25) is 0 Å². The molecule has 0 aliphatic carbocycles. The van der Waals surface area contributed by atoms with Crippen molar-refractivity contribution in [2.45, 2.75) is 101 Å². The zero-order valence-electron chi connectivity index (χ0n) is 27.8. The summed E-state index contributed by atoms with van der Waals surface area (Å²) in [5, 5.41) is 0. The monoisotopic (exact) mass is 686 g/mol. The molecule has 2 aromatic rings. The molecule has 0 saturated carbocycles. The number of rotatable bonds is 15. The maximum atomic E-state index is 13.7. The normalized spacial score (nSPS) is 30.7. The molecule has 14 heteroatoms. The summed E-state index contributed by atoms with van der Waals surface area (Å²) in [5.74, 6) is -2.40. The van der Waals surface area contributed by atoms with Crippen LogP contribution < -0.4 is 0 Å². The summed E-state index contributed by atoms with van der Waals surface area (Å²) in [5.41, 5.74) is 1.59. The smallest absolute Gasteiger partial charge is 0.339 e. The molecule has 3 aliphatic heterocycles. The van der Waals surface area contributed by atoms with Gasteiger partial charge < -0.3 is 52.2 Å². The van der Waals surface area contributed by atoms with Crippen molar-refractivity contribution in [3.63, 3.8) is 0 Å². The van der Waals surface area contributed by atoms with Crippen molar-refractivity contribution < 1.29 is 66.5 Å². The van der Waals surface area contributed by atoms with E-state index in [2.05, 4.69) is 0 Å². The van der Waals surface area contributed by atoms with E-state index >= 15 is 0 Å². The third-order valence-electron chi connectivity index (χ3n) is 8.34. The zero-order chi connectivity index (χ0) is 34.9. The Morgan fingerprint density at radius 2 is 1.37 bits per heavy atom. The molecule has 3 heterocycles. The molecule has 0 unspecified atom stereocenters. The number of ether oxygens (including phenoxy) is 10. The quantitative estimate of drug-likeness (QED) is 0.198. The number of fused-ring (bicyclic) bond motifs is 2. The van der Waals surface area contributed by atoms with E-state index in [0.717, 1.165) is 5.56 Å². The molecular formula is C35H42O14. The molecule has 0 radical (unpaired) electrons. The van der Waals surface area contributed by atoms with Gasteiger partial charge in [-0.25, -0.2) is 4.79 Å². The topological polar surface area (TPSA) is 161 Å². The lowest BCUT2D eigenvalue weighted by Gasteiger charge is -2.46. The Morgan fingerprint density at radius 1 is 0.714 bits per heavy atom. The predicted molar refractivity (Wildman–Crippen MR) is 166 cm³/mol. The number of hydrogen-bond donors (Lipinski definition) is 0. The van der Waals surface area contributed by atoms with E-state index in [9.17, 15) is 19.2 Å². The van der Waals surface area contributed by atoms with Crippen LogP contribution >= 0.6 is 0 Å². The van der Waals surface area contributed by atoms with Crippen LogP contribution in [0, 0.1) is 0 Å². The number of ketones is 1. The molecular weight excluding hydrogens is 644 g/mol. The molecule has 0 aromatic heterocycles. The SMILES string of the molecule is CO[C@@H]1[C@@H](OC)[C@H](O[C@H]2[C@H](OC(C)=O)[C@@H](OCc3ccccc3)[C@@H]3OC[C@H]2O3)O[C@H](C(=O)OCc2ccccc2)[C@H]1OC(=O)CCC(C)=O. The Kier molecular flexibility index (Phi) is 12.9. The molecule has 49 heavy (non-hydrogen) atoms. The molecule has 5 rings (SSSR count). The molecule has 14 nitrogen and oxygen atoms in total. The highest BCUT2D eigenvalue weighted by atomic mass is 16.8. The number of hydrogen-bond acceptors (Lipinski definition) is 14. The van der Waals surface area contributed by atoms with E-state index in [-0.39, 0.29) is 38.4 Å². The average molecular weight is 687 g/mol. The van der Waals surface area contributed by atoms with Gasteiger partial charge in [0, 0.05) is 27.6 Å². The molecule has 266 valence electrons. The van der Waals surface area contributed by atoms with Crippen molar-refractivity contribution in [1.29, 1.82) is 0 Å². The van der Waals surface area contributed by atoms with E-state index in [1.54, 1.807) is 24.3 Å². The Bertz CT molecular complexity index is 1400. The Morgan fingerprint density at radius 3 is 1.98 bits per heavy atom. The fourth-order valence-electron chi connectivity index (χ4n) is 5.98. The average Bonchev–Trinajstić information content (AvgIpc) is 3.54. The summed E-state index contributed by atoms with van der Waals surface area (Å²) in [7, 11) is 2.73. The molecule has 0 amide bonds. The number of carbonyl (C=O) groups excluding carboxylic acids is 4. The lowest BCUT2D eigenvalue weighted by atomic mass is 9.96. The minimum absolute atomic E-state index is 0.0518. The van der Waals surface area contributed by atoms with Crippen molar-refractivity contribution in [2.24, 2.45) is 0 Å². The summed E-state index contributed by atoms with van der Waals surface area (Å²) in [4.78, 5) is 50.4. The van der Waals surface area contributed by atoms with Crippen molar-refractivity contribution in [2.75, 3.05) is 20.8 Å². The second-order valence-electron chi connectivity index (χ2n) is 11.9. The minimum atomic E-state index is -1.54. The predicted octanol–water partition coefficient (Wildman–Crippen LogP) is 2.42. The van der Waals surface area contributed by atoms with Gasteiger partial charge >= 0.3 is 17.9 Å². The molecule has 3 aliphatic rings. The minimum Gasteiger partial charge on any atom is -0.459 e. The first-order valence-electron chi connectivity index (χ1n) is 16.0. The summed E-state index contributed by atoms with van der Waals surface area (Å²) in [6.45, 7) is 2.79. The number of esters is 3. The van der Waals surface area contributed by atoms with Gasteiger partial charge in [0.1, 0.15) is 42.9 Å². The Balaban J connectivity index is 1.40. The van der Waals surface area contributed by atoms with Crippen LogP contribution in [0.3, 0.4) is 0 Å². The third-order valence-corrected chi connectivity index (χ3v) is 8.34. The largest absolute Gasteiger partial charge is 0.459 e. The van der Waals surface area contributed by atoms with Crippen LogP contribution in [-0.2, 0) is 79.8 Å². The fourth-order valence-corrected chi connectivity index (χ4v) is 5.98. The maximum Gasteiger partial charge on any atom is 0.339 e. The molecule has 0 N–H and O–H groups in total. The molecule has 2 bridgehead atoms. The van der Waals surface area contributed by atoms with Crippen LogP contribution in [0.4, 0.5) is 0 Å². The summed E-state index contributed by atoms with van der Waals surface area (Å²) >= 11 is 0. The molecule has 2 aromatic carbocycles. The second kappa shape index (κ2) is 17.3. The second-order valence-corrected chi connectivity index (χ2v) is 11.9. The highest BCUT2D eigenvalue weighted by Crippen LogP contribution is 2.37. The first-order chi connectivity index (χ1) is 23.7. The van der Waals surface area contributed by atoms with E-state index < -0.39 is 79.3 Å². The van der Waals surface area contributed by atoms with Gasteiger partial charge in [0.15, 0.2) is 30.9 Å². The Labute approximate surface area is 284 Å². The summed E-state index contributed by atoms with van der Waals surface area (Å²) in [6.07, 6.45) is -11.2. The molecule has 3 saturated heterocycles. The van der Waals surface area contributed by atoms with Crippen LogP contribution in [0.15, 0.2) is 60.7 Å². The highest BCUT2D eigenvalue weighted by Gasteiger charge is 2.58. The van der Waals surface area contributed by atoms with Crippen molar-refractivity contribution in [1.82, 2.24) is 0 Å². The van der Waals surface area contributed by atoms with Gasteiger partial charge in [-0.1, -0.05) is 60.7 Å². The molecule has 10 atom stereocenters. The van der Waals surface area contributed by atoms with Gasteiger partial charge in [-0.3, -0.25) is 9.59 Å². The lowest BCUT2D eigenvalue weighted by molar-refractivity contribution is -0.341. The van der Waals surface area contributed by atoms with Crippen LogP contribution in [0.5, 0.6) is 0 Å². The summed E-state index contributed by atoms with van der Waals surface area (Å²) in [6, 6.07) is 18.4. The van der Waals surface area contributed by atoms with Gasteiger partial charge in [0.2, 0.25) is 0 Å². The molecule has 3 fully saturated rings. The van der Waals surface area contributed by atoms with E-state index in [0.29, 0.717) is 5.56 Å². The number of benzene rings is 2. The van der Waals surface area contributed by atoms with Gasteiger partial charge in [0.25, 0.3) is 0 Å². The number of Topliss-reactive ketones (excluding diaryl/α,β-unsaturated/α-hetero) is 1. The fraction of sp³-hybridized carbons (Fsp3) is 0.543. The van der Waals surface area contributed by atoms with Crippen LogP contribution in [0.1, 0.15) is 37.8 Å². The van der Waals surface area contributed by atoms with Gasteiger partial charge in [-0.05, 0) is 18.1 Å². The number of carbonyl (C=O) groups is 4. The maximum absolute atomic E-state index is 13.7. The van der Waals surface area contributed by atoms with Crippen molar-refractivity contribution >= 4 is 23.7 Å². The summed E-state index contributed by atoms with van der Waals surface area (Å²) < 4.78 is 59.4. The Hall–Kier alpha value is -3.76. The van der Waals surface area contributed by atoms with Crippen LogP contribution in [0.25, 0.3) is 0 Å². The highest BCUT2D eigenvalue weighted by molar-refractivity contribution is 5.81. The zero-order valence-corrected chi connectivity index (χ0v) is 27.8.